The lowest BCUT2D eigenvalue weighted by molar-refractivity contribution is 0.340. The molecule has 1 heterocycles. The third-order valence-corrected chi connectivity index (χ3v) is 2.69. The lowest BCUT2D eigenvalue weighted by Gasteiger charge is -2.10. The lowest BCUT2D eigenvalue weighted by atomic mass is 10.2. The van der Waals surface area contributed by atoms with Gasteiger partial charge < -0.3 is 15.2 Å². The van der Waals surface area contributed by atoms with E-state index < -0.39 is 0 Å². The number of aromatic nitrogens is 1. The van der Waals surface area contributed by atoms with Crippen molar-refractivity contribution in [3.8, 4) is 11.5 Å². The van der Waals surface area contributed by atoms with Crippen LogP contribution in [0.25, 0.3) is 0 Å². The van der Waals surface area contributed by atoms with Crippen molar-refractivity contribution in [3.63, 3.8) is 0 Å². The molecule has 1 aromatic heterocycles. The maximum atomic E-state index is 9.72. The van der Waals surface area contributed by atoms with Gasteiger partial charge in [0.25, 0.3) is 0 Å². The first kappa shape index (κ1) is 13.2. The summed E-state index contributed by atoms with van der Waals surface area (Å²) < 4.78 is 5.44. The van der Waals surface area contributed by atoms with Gasteiger partial charge in [-0.2, -0.15) is 0 Å². The number of benzene rings is 1. The molecular formula is C15H18N2O2. The molecule has 19 heavy (non-hydrogen) atoms. The summed E-state index contributed by atoms with van der Waals surface area (Å²) in [6, 6.07) is 11.2. The van der Waals surface area contributed by atoms with Gasteiger partial charge in [0.05, 0.1) is 13.2 Å². The second kappa shape index (κ2) is 6.09. The molecule has 0 radical (unpaired) electrons. The Kier molecular flexibility index (Phi) is 4.23. The van der Waals surface area contributed by atoms with E-state index in [4.69, 9.17) is 4.74 Å². The van der Waals surface area contributed by atoms with E-state index in [-0.39, 0.29) is 5.75 Å². The minimum Gasteiger partial charge on any atom is -0.506 e. The van der Waals surface area contributed by atoms with Gasteiger partial charge in [0, 0.05) is 17.4 Å². The summed E-state index contributed by atoms with van der Waals surface area (Å²) in [5.41, 5.74) is 2.47. The number of nitrogens with one attached hydrogen (secondary N) is 1. The zero-order valence-electron chi connectivity index (χ0n) is 11.2. The second-order valence-electron chi connectivity index (χ2n) is 4.23. The molecule has 1 aromatic carbocycles. The van der Waals surface area contributed by atoms with Crippen molar-refractivity contribution in [2.45, 2.75) is 20.4 Å². The molecule has 0 aliphatic heterocycles. The van der Waals surface area contributed by atoms with Gasteiger partial charge in [-0.3, -0.25) is 4.98 Å². The van der Waals surface area contributed by atoms with Gasteiger partial charge in [0.2, 0.25) is 0 Å². The molecule has 4 heteroatoms. The molecule has 0 fully saturated rings. The van der Waals surface area contributed by atoms with E-state index in [0.29, 0.717) is 18.8 Å². The minimum atomic E-state index is 0.207. The smallest absolute Gasteiger partial charge is 0.138 e. The first-order valence-electron chi connectivity index (χ1n) is 6.31. The number of aryl methyl sites for hydroxylation is 1. The van der Waals surface area contributed by atoms with Crippen LogP contribution in [-0.4, -0.2) is 16.7 Å². The molecule has 0 saturated carbocycles. The number of ether oxygens (including phenoxy) is 1. The van der Waals surface area contributed by atoms with Gasteiger partial charge in [-0.15, -0.1) is 0 Å². The molecule has 4 nitrogen and oxygen atoms in total. The summed E-state index contributed by atoms with van der Waals surface area (Å²) in [7, 11) is 0. The highest BCUT2D eigenvalue weighted by molar-refractivity contribution is 5.48. The highest BCUT2D eigenvalue weighted by Gasteiger charge is 2.03. The molecule has 2 aromatic rings. The van der Waals surface area contributed by atoms with Gasteiger partial charge in [-0.25, -0.2) is 0 Å². The van der Waals surface area contributed by atoms with Crippen molar-refractivity contribution in [1.82, 2.24) is 4.98 Å². The average molecular weight is 258 g/mol. The molecule has 2 rings (SSSR count). The Morgan fingerprint density at radius 2 is 2.11 bits per heavy atom. The molecule has 0 atom stereocenters. The zero-order chi connectivity index (χ0) is 13.7. The van der Waals surface area contributed by atoms with Crippen molar-refractivity contribution < 1.29 is 9.84 Å². The molecule has 100 valence electrons. The molecule has 2 N–H and O–H groups in total. The van der Waals surface area contributed by atoms with Crippen molar-refractivity contribution in [3.05, 3.63) is 47.8 Å². The number of rotatable bonds is 5. The third kappa shape index (κ3) is 3.61. The summed E-state index contributed by atoms with van der Waals surface area (Å²) in [4.78, 5) is 4.30. The highest BCUT2D eigenvalue weighted by Crippen LogP contribution is 2.20. The van der Waals surface area contributed by atoms with Crippen LogP contribution in [-0.2, 0) is 6.54 Å². The first-order valence-corrected chi connectivity index (χ1v) is 6.31. The molecule has 0 saturated heterocycles. The Morgan fingerprint density at radius 1 is 1.26 bits per heavy atom. The van der Waals surface area contributed by atoms with Crippen LogP contribution in [0.1, 0.15) is 18.3 Å². The molecule has 0 aliphatic rings. The molecule has 0 unspecified atom stereocenters. The van der Waals surface area contributed by atoms with Gasteiger partial charge in [0.15, 0.2) is 0 Å². The van der Waals surface area contributed by atoms with E-state index in [2.05, 4.69) is 10.3 Å². The quantitative estimate of drug-likeness (QED) is 0.865. The van der Waals surface area contributed by atoms with E-state index >= 15 is 0 Å². The van der Waals surface area contributed by atoms with E-state index in [1.165, 1.54) is 0 Å². The molecule has 0 bridgehead atoms. The van der Waals surface area contributed by atoms with E-state index in [9.17, 15) is 5.11 Å². The van der Waals surface area contributed by atoms with Crippen LogP contribution < -0.4 is 10.1 Å². The fourth-order valence-electron chi connectivity index (χ4n) is 1.78. The van der Waals surface area contributed by atoms with Crippen molar-refractivity contribution in [2.24, 2.45) is 0 Å². The number of hydrogen-bond donors (Lipinski definition) is 2. The Balaban J connectivity index is 2.05. The van der Waals surface area contributed by atoms with Gasteiger partial charge in [-0.1, -0.05) is 6.07 Å². The maximum Gasteiger partial charge on any atom is 0.138 e. The van der Waals surface area contributed by atoms with Crippen LogP contribution in [0.5, 0.6) is 11.5 Å². The fourth-order valence-corrected chi connectivity index (χ4v) is 1.78. The second-order valence-corrected chi connectivity index (χ2v) is 4.23. The van der Waals surface area contributed by atoms with Crippen molar-refractivity contribution in [1.29, 1.82) is 0 Å². The van der Waals surface area contributed by atoms with Gasteiger partial charge in [-0.05, 0) is 38.1 Å². The summed E-state index contributed by atoms with van der Waals surface area (Å²) in [5.74, 6) is 1.04. The summed E-state index contributed by atoms with van der Waals surface area (Å²) in [5, 5.41) is 12.9. The molecule has 0 spiro atoms. The highest BCUT2D eigenvalue weighted by atomic mass is 16.5. The van der Waals surface area contributed by atoms with E-state index in [1.807, 2.05) is 38.1 Å². The van der Waals surface area contributed by atoms with Crippen LogP contribution in [0, 0.1) is 6.92 Å². The van der Waals surface area contributed by atoms with Crippen LogP contribution >= 0.6 is 0 Å². The SMILES string of the molecule is CCOc1cccc(NCc2nc(C)ccc2O)c1. The van der Waals surface area contributed by atoms with E-state index in [0.717, 1.165) is 17.1 Å². The van der Waals surface area contributed by atoms with E-state index in [1.54, 1.807) is 12.1 Å². The normalized spacial score (nSPS) is 10.2. The number of anilines is 1. The van der Waals surface area contributed by atoms with Crippen molar-refractivity contribution in [2.75, 3.05) is 11.9 Å². The summed E-state index contributed by atoms with van der Waals surface area (Å²) >= 11 is 0. The largest absolute Gasteiger partial charge is 0.506 e. The summed E-state index contributed by atoms with van der Waals surface area (Å²) in [6.45, 7) is 4.97. The Hall–Kier alpha value is -2.23. The van der Waals surface area contributed by atoms with Gasteiger partial charge >= 0.3 is 0 Å². The predicted octanol–water partition coefficient (Wildman–Crippen LogP) is 3.11. The monoisotopic (exact) mass is 258 g/mol. The Morgan fingerprint density at radius 3 is 2.89 bits per heavy atom. The number of pyridine rings is 1. The van der Waals surface area contributed by atoms with Crippen LogP contribution in [0.3, 0.4) is 0 Å². The first-order chi connectivity index (χ1) is 9.19. The standard InChI is InChI=1S/C15H18N2O2/c1-3-19-13-6-4-5-12(9-13)16-10-14-15(18)8-7-11(2)17-14/h4-9,16,18H,3,10H2,1-2H3. The van der Waals surface area contributed by atoms with Crippen molar-refractivity contribution >= 4 is 5.69 Å². The summed E-state index contributed by atoms with van der Waals surface area (Å²) in [6.07, 6.45) is 0. The zero-order valence-corrected chi connectivity index (χ0v) is 11.2. The minimum absolute atomic E-state index is 0.207. The number of aromatic hydroxyl groups is 1. The molecule has 0 amide bonds. The Labute approximate surface area is 113 Å². The topological polar surface area (TPSA) is 54.4 Å². The number of nitrogens with zero attached hydrogens (tertiary/aromatic N) is 1. The Bertz CT molecular complexity index is 556. The predicted molar refractivity (Wildman–Crippen MR) is 75.6 cm³/mol. The third-order valence-electron chi connectivity index (χ3n) is 2.69. The van der Waals surface area contributed by atoms with Crippen LogP contribution in [0.4, 0.5) is 5.69 Å². The van der Waals surface area contributed by atoms with Crippen LogP contribution in [0.2, 0.25) is 0 Å². The fraction of sp³-hybridized carbons (Fsp3) is 0.267. The maximum absolute atomic E-state index is 9.72. The lowest BCUT2D eigenvalue weighted by Crippen LogP contribution is -2.03. The molecule has 0 aliphatic carbocycles. The van der Waals surface area contributed by atoms with Gasteiger partial charge in [0.1, 0.15) is 17.2 Å². The van der Waals surface area contributed by atoms with Crippen LogP contribution in [0.15, 0.2) is 36.4 Å². The number of hydrogen-bond acceptors (Lipinski definition) is 4. The molecular weight excluding hydrogens is 240 g/mol. The average Bonchev–Trinajstić information content (AvgIpc) is 2.41.